The van der Waals surface area contributed by atoms with Crippen molar-refractivity contribution in [2.75, 3.05) is 19.6 Å². The van der Waals surface area contributed by atoms with Crippen molar-refractivity contribution in [3.05, 3.63) is 0 Å². The van der Waals surface area contributed by atoms with E-state index in [0.717, 1.165) is 13.0 Å². The quantitative estimate of drug-likeness (QED) is 0.581. The van der Waals surface area contributed by atoms with Gasteiger partial charge in [0, 0.05) is 13.1 Å². The number of hydrogen-bond donors (Lipinski definition) is 3. The Hall–Kier alpha value is -0.610. The molecule has 0 saturated heterocycles. The van der Waals surface area contributed by atoms with Gasteiger partial charge in [-0.25, -0.2) is 0 Å². The zero-order valence-corrected chi connectivity index (χ0v) is 10.3. The van der Waals surface area contributed by atoms with Crippen LogP contribution in [0.25, 0.3) is 0 Å². The molecule has 4 nitrogen and oxygen atoms in total. The number of carbonyl (C=O) groups excluding carboxylic acids is 1. The number of amides is 1. The molecule has 0 aromatic carbocycles. The van der Waals surface area contributed by atoms with Crippen LogP contribution in [0.2, 0.25) is 0 Å². The SMILES string of the molecule is CC(C)CCNC(=O)CNCC(C)(C)O. The highest BCUT2D eigenvalue weighted by molar-refractivity contribution is 5.77. The van der Waals surface area contributed by atoms with Gasteiger partial charge in [-0.15, -0.1) is 0 Å². The molecule has 0 rings (SSSR count). The summed E-state index contributed by atoms with van der Waals surface area (Å²) in [5.41, 5.74) is -0.766. The van der Waals surface area contributed by atoms with Crippen LogP contribution < -0.4 is 10.6 Å². The highest BCUT2D eigenvalue weighted by Gasteiger charge is 2.11. The highest BCUT2D eigenvalue weighted by atomic mass is 16.3. The lowest BCUT2D eigenvalue weighted by Crippen LogP contribution is -2.41. The summed E-state index contributed by atoms with van der Waals surface area (Å²) in [6.45, 7) is 9.07. The predicted molar refractivity (Wildman–Crippen MR) is 61.6 cm³/mol. The molecular formula is C11H24N2O2. The van der Waals surface area contributed by atoms with Crippen LogP contribution in [-0.2, 0) is 4.79 Å². The second-order valence-corrected chi connectivity index (χ2v) is 4.95. The summed E-state index contributed by atoms with van der Waals surface area (Å²) in [5.74, 6) is 0.592. The first-order valence-corrected chi connectivity index (χ1v) is 5.51. The van der Waals surface area contributed by atoms with Gasteiger partial charge in [0.2, 0.25) is 5.91 Å². The van der Waals surface area contributed by atoms with Crippen molar-refractivity contribution in [1.82, 2.24) is 10.6 Å². The Balaban J connectivity index is 3.42. The van der Waals surface area contributed by atoms with Gasteiger partial charge >= 0.3 is 0 Å². The molecule has 0 unspecified atom stereocenters. The third kappa shape index (κ3) is 11.3. The van der Waals surface area contributed by atoms with Gasteiger partial charge in [0.15, 0.2) is 0 Å². The molecule has 1 amide bonds. The Morgan fingerprint density at radius 2 is 2.00 bits per heavy atom. The van der Waals surface area contributed by atoms with Crippen LogP contribution in [-0.4, -0.2) is 36.2 Å². The summed E-state index contributed by atoms with van der Waals surface area (Å²) >= 11 is 0. The molecule has 15 heavy (non-hydrogen) atoms. The van der Waals surface area contributed by atoms with E-state index in [-0.39, 0.29) is 12.5 Å². The summed E-state index contributed by atoms with van der Waals surface area (Å²) in [5, 5.41) is 15.1. The number of rotatable bonds is 7. The monoisotopic (exact) mass is 216 g/mol. The highest BCUT2D eigenvalue weighted by Crippen LogP contribution is 1.97. The third-order valence-electron chi connectivity index (χ3n) is 1.89. The molecule has 90 valence electrons. The molecule has 0 aliphatic carbocycles. The summed E-state index contributed by atoms with van der Waals surface area (Å²) in [6, 6.07) is 0. The largest absolute Gasteiger partial charge is 0.389 e. The van der Waals surface area contributed by atoms with E-state index in [9.17, 15) is 9.90 Å². The van der Waals surface area contributed by atoms with Gasteiger partial charge in [-0.05, 0) is 26.2 Å². The Kier molecular flexibility index (Phi) is 6.52. The zero-order chi connectivity index (χ0) is 11.9. The van der Waals surface area contributed by atoms with E-state index in [2.05, 4.69) is 24.5 Å². The summed E-state index contributed by atoms with van der Waals surface area (Å²) < 4.78 is 0. The Morgan fingerprint density at radius 3 is 2.47 bits per heavy atom. The lowest BCUT2D eigenvalue weighted by molar-refractivity contribution is -0.120. The van der Waals surface area contributed by atoms with E-state index in [4.69, 9.17) is 0 Å². The van der Waals surface area contributed by atoms with E-state index in [1.807, 2.05) is 0 Å². The van der Waals surface area contributed by atoms with Crippen molar-refractivity contribution in [2.45, 2.75) is 39.7 Å². The fourth-order valence-corrected chi connectivity index (χ4v) is 1.04. The average Bonchev–Trinajstić information content (AvgIpc) is 2.00. The molecule has 0 saturated carbocycles. The van der Waals surface area contributed by atoms with Crippen LogP contribution in [0.5, 0.6) is 0 Å². The first kappa shape index (κ1) is 14.4. The normalized spacial score (nSPS) is 11.9. The van der Waals surface area contributed by atoms with Crippen molar-refractivity contribution in [2.24, 2.45) is 5.92 Å². The molecule has 0 aliphatic rings. The van der Waals surface area contributed by atoms with Crippen LogP contribution in [0, 0.1) is 5.92 Å². The van der Waals surface area contributed by atoms with Crippen molar-refractivity contribution in [1.29, 1.82) is 0 Å². The molecule has 0 aromatic heterocycles. The van der Waals surface area contributed by atoms with Gasteiger partial charge in [-0.2, -0.15) is 0 Å². The predicted octanol–water partition coefficient (Wildman–Crippen LogP) is 0.509. The van der Waals surface area contributed by atoms with Crippen LogP contribution in [0.4, 0.5) is 0 Å². The maximum absolute atomic E-state index is 11.3. The number of carbonyl (C=O) groups is 1. The molecule has 0 atom stereocenters. The summed E-state index contributed by atoms with van der Waals surface area (Å²) in [6.07, 6.45) is 0.997. The van der Waals surface area contributed by atoms with Crippen molar-refractivity contribution < 1.29 is 9.90 Å². The molecule has 0 radical (unpaired) electrons. The van der Waals surface area contributed by atoms with Crippen LogP contribution in [0.3, 0.4) is 0 Å². The lowest BCUT2D eigenvalue weighted by Gasteiger charge is -2.17. The smallest absolute Gasteiger partial charge is 0.233 e. The molecule has 0 spiro atoms. The molecule has 4 heteroatoms. The van der Waals surface area contributed by atoms with E-state index in [1.165, 1.54) is 0 Å². The summed E-state index contributed by atoms with van der Waals surface area (Å²) in [4.78, 5) is 11.3. The molecule has 0 aromatic rings. The fraction of sp³-hybridized carbons (Fsp3) is 0.909. The van der Waals surface area contributed by atoms with Gasteiger partial charge < -0.3 is 15.7 Å². The zero-order valence-electron chi connectivity index (χ0n) is 10.3. The number of hydrogen-bond acceptors (Lipinski definition) is 3. The van der Waals surface area contributed by atoms with E-state index < -0.39 is 5.60 Å². The maximum atomic E-state index is 11.3. The molecule has 0 bridgehead atoms. The Labute approximate surface area is 92.4 Å². The van der Waals surface area contributed by atoms with Gasteiger partial charge in [0.25, 0.3) is 0 Å². The Bertz CT molecular complexity index is 186. The van der Waals surface area contributed by atoms with Gasteiger partial charge in [-0.3, -0.25) is 4.79 Å². The minimum Gasteiger partial charge on any atom is -0.389 e. The second-order valence-electron chi connectivity index (χ2n) is 4.95. The molecule has 0 fully saturated rings. The van der Waals surface area contributed by atoms with Crippen LogP contribution in [0.1, 0.15) is 34.1 Å². The van der Waals surface area contributed by atoms with E-state index in [1.54, 1.807) is 13.8 Å². The first-order chi connectivity index (χ1) is 6.81. The molecular weight excluding hydrogens is 192 g/mol. The number of nitrogens with one attached hydrogen (secondary N) is 2. The first-order valence-electron chi connectivity index (χ1n) is 5.51. The molecule has 0 heterocycles. The minimum absolute atomic E-state index is 0.0140. The van der Waals surface area contributed by atoms with Crippen molar-refractivity contribution in [3.63, 3.8) is 0 Å². The van der Waals surface area contributed by atoms with Gasteiger partial charge in [0.1, 0.15) is 0 Å². The molecule has 3 N–H and O–H groups in total. The minimum atomic E-state index is -0.766. The van der Waals surface area contributed by atoms with Crippen LogP contribution >= 0.6 is 0 Å². The second kappa shape index (κ2) is 6.80. The fourth-order valence-electron chi connectivity index (χ4n) is 1.04. The average molecular weight is 216 g/mol. The summed E-state index contributed by atoms with van der Waals surface area (Å²) in [7, 11) is 0. The topological polar surface area (TPSA) is 61.4 Å². The third-order valence-corrected chi connectivity index (χ3v) is 1.89. The lowest BCUT2D eigenvalue weighted by atomic mass is 10.1. The van der Waals surface area contributed by atoms with E-state index in [0.29, 0.717) is 12.5 Å². The molecule has 0 aliphatic heterocycles. The van der Waals surface area contributed by atoms with Gasteiger partial charge in [0.05, 0.1) is 12.1 Å². The maximum Gasteiger partial charge on any atom is 0.233 e. The van der Waals surface area contributed by atoms with Crippen molar-refractivity contribution in [3.8, 4) is 0 Å². The standard InChI is InChI=1S/C11H24N2O2/c1-9(2)5-6-13-10(14)7-12-8-11(3,4)15/h9,12,15H,5-8H2,1-4H3,(H,13,14). The van der Waals surface area contributed by atoms with Crippen molar-refractivity contribution >= 4 is 5.91 Å². The Morgan fingerprint density at radius 1 is 1.40 bits per heavy atom. The van der Waals surface area contributed by atoms with E-state index >= 15 is 0 Å². The van der Waals surface area contributed by atoms with Gasteiger partial charge in [-0.1, -0.05) is 13.8 Å². The van der Waals surface area contributed by atoms with Crippen LogP contribution in [0.15, 0.2) is 0 Å². The number of aliphatic hydroxyl groups is 1.